The molecule has 0 saturated carbocycles. The third kappa shape index (κ3) is 4.40. The van der Waals surface area contributed by atoms with Crippen LogP contribution in [0, 0.1) is 0 Å². The highest BCUT2D eigenvalue weighted by Crippen LogP contribution is 2.19. The molecule has 2 aromatic rings. The largest absolute Gasteiger partial charge is 0.453 e. The molecule has 1 heterocycles. The average molecular weight is 353 g/mol. The minimum atomic E-state index is -0.585. The summed E-state index contributed by atoms with van der Waals surface area (Å²) in [6.45, 7) is 3.88. The van der Waals surface area contributed by atoms with Gasteiger partial charge in [-0.3, -0.25) is 15.0 Å². The van der Waals surface area contributed by atoms with Gasteiger partial charge in [-0.15, -0.1) is 0 Å². The molecule has 1 aliphatic heterocycles. The molecule has 1 N–H and O–H groups in total. The van der Waals surface area contributed by atoms with E-state index in [1.807, 2.05) is 23.1 Å². The molecule has 26 heavy (non-hydrogen) atoms. The van der Waals surface area contributed by atoms with Gasteiger partial charge in [-0.2, -0.15) is 0 Å². The van der Waals surface area contributed by atoms with Crippen molar-refractivity contribution in [2.24, 2.45) is 0 Å². The van der Waals surface area contributed by atoms with E-state index in [2.05, 4.69) is 27.1 Å². The number of hydrogen-bond acceptors (Lipinski definition) is 4. The molecule has 0 unspecified atom stereocenters. The van der Waals surface area contributed by atoms with E-state index >= 15 is 0 Å². The van der Waals surface area contributed by atoms with Crippen molar-refractivity contribution < 1.29 is 14.3 Å². The average Bonchev–Trinajstić information content (AvgIpc) is 2.69. The van der Waals surface area contributed by atoms with Gasteiger partial charge in [0.05, 0.1) is 18.4 Å². The second-order valence-corrected chi connectivity index (χ2v) is 6.22. The van der Waals surface area contributed by atoms with Crippen LogP contribution < -0.4 is 5.32 Å². The van der Waals surface area contributed by atoms with Crippen molar-refractivity contribution in [2.75, 3.05) is 38.6 Å². The molecular formula is C20H23N3O3. The van der Waals surface area contributed by atoms with Crippen molar-refractivity contribution in [1.82, 2.24) is 9.80 Å². The van der Waals surface area contributed by atoms with Crippen molar-refractivity contribution in [3.8, 4) is 0 Å². The molecule has 3 rings (SSSR count). The Labute approximate surface area is 153 Å². The molecule has 1 fully saturated rings. The van der Waals surface area contributed by atoms with Crippen molar-refractivity contribution in [1.29, 1.82) is 0 Å². The summed E-state index contributed by atoms with van der Waals surface area (Å²) in [6.07, 6.45) is -0.585. The fourth-order valence-electron chi connectivity index (χ4n) is 3.06. The van der Waals surface area contributed by atoms with Gasteiger partial charge in [0.15, 0.2) is 0 Å². The predicted molar refractivity (Wildman–Crippen MR) is 100 cm³/mol. The molecule has 0 aromatic heterocycles. The van der Waals surface area contributed by atoms with Crippen LogP contribution in [0.25, 0.3) is 0 Å². The lowest BCUT2D eigenvalue weighted by Gasteiger charge is -2.35. The van der Waals surface area contributed by atoms with Crippen LogP contribution in [0.15, 0.2) is 54.6 Å². The van der Waals surface area contributed by atoms with E-state index < -0.39 is 6.09 Å². The summed E-state index contributed by atoms with van der Waals surface area (Å²) < 4.78 is 4.62. The Kier molecular flexibility index (Phi) is 5.86. The maximum atomic E-state index is 12.9. The van der Waals surface area contributed by atoms with E-state index in [0.717, 1.165) is 19.6 Å². The maximum absolute atomic E-state index is 12.9. The highest BCUT2D eigenvalue weighted by Gasteiger charge is 2.24. The van der Waals surface area contributed by atoms with E-state index in [4.69, 9.17) is 0 Å². The van der Waals surface area contributed by atoms with Gasteiger partial charge in [-0.25, -0.2) is 4.79 Å². The lowest BCUT2D eigenvalue weighted by atomic mass is 10.1. The molecule has 1 aliphatic rings. The van der Waals surface area contributed by atoms with Crippen molar-refractivity contribution in [3.63, 3.8) is 0 Å². The fourth-order valence-corrected chi connectivity index (χ4v) is 3.06. The quantitative estimate of drug-likeness (QED) is 0.918. The number of amides is 2. The van der Waals surface area contributed by atoms with Gasteiger partial charge >= 0.3 is 6.09 Å². The van der Waals surface area contributed by atoms with E-state index in [1.165, 1.54) is 12.7 Å². The van der Waals surface area contributed by atoms with Crippen LogP contribution in [-0.4, -0.2) is 55.1 Å². The number of para-hydroxylation sites is 1. The fraction of sp³-hybridized carbons (Fsp3) is 0.300. The van der Waals surface area contributed by atoms with Crippen LogP contribution in [0.4, 0.5) is 10.5 Å². The highest BCUT2D eigenvalue weighted by atomic mass is 16.5. The zero-order valence-corrected chi connectivity index (χ0v) is 14.9. The molecular weight excluding hydrogens is 330 g/mol. The first-order valence-electron chi connectivity index (χ1n) is 8.67. The Morgan fingerprint density at radius 1 is 0.962 bits per heavy atom. The van der Waals surface area contributed by atoms with Crippen molar-refractivity contribution in [3.05, 3.63) is 65.7 Å². The first-order chi connectivity index (χ1) is 12.7. The molecule has 136 valence electrons. The Balaban J connectivity index is 1.61. The summed E-state index contributed by atoms with van der Waals surface area (Å²) in [5.41, 5.74) is 2.23. The molecule has 0 bridgehead atoms. The highest BCUT2D eigenvalue weighted by molar-refractivity contribution is 6.02. The van der Waals surface area contributed by atoms with Crippen LogP contribution in [-0.2, 0) is 11.3 Å². The monoisotopic (exact) mass is 353 g/mol. The number of hydrogen-bond donors (Lipinski definition) is 1. The van der Waals surface area contributed by atoms with Gasteiger partial charge in [0.2, 0.25) is 0 Å². The van der Waals surface area contributed by atoms with Crippen molar-refractivity contribution >= 4 is 17.7 Å². The smallest absolute Gasteiger partial charge is 0.411 e. The summed E-state index contributed by atoms with van der Waals surface area (Å²) in [7, 11) is 1.30. The van der Waals surface area contributed by atoms with Gasteiger partial charge in [0.1, 0.15) is 0 Å². The van der Waals surface area contributed by atoms with E-state index in [1.54, 1.807) is 24.3 Å². The molecule has 2 amide bonds. The molecule has 6 nitrogen and oxygen atoms in total. The third-order valence-corrected chi connectivity index (χ3v) is 4.49. The summed E-state index contributed by atoms with van der Waals surface area (Å²) in [4.78, 5) is 28.5. The number of nitrogens with zero attached hydrogens (tertiary/aromatic N) is 2. The van der Waals surface area contributed by atoms with E-state index in [0.29, 0.717) is 24.3 Å². The molecule has 2 aromatic carbocycles. The lowest BCUT2D eigenvalue weighted by molar-refractivity contribution is 0.0629. The lowest BCUT2D eigenvalue weighted by Crippen LogP contribution is -2.48. The Morgan fingerprint density at radius 2 is 1.62 bits per heavy atom. The normalized spacial score (nSPS) is 14.7. The van der Waals surface area contributed by atoms with Crippen LogP contribution >= 0.6 is 0 Å². The minimum Gasteiger partial charge on any atom is -0.453 e. The molecule has 0 radical (unpaired) electrons. The number of anilines is 1. The number of nitrogens with one attached hydrogen (secondary N) is 1. The molecule has 0 atom stereocenters. The summed E-state index contributed by atoms with van der Waals surface area (Å²) >= 11 is 0. The van der Waals surface area contributed by atoms with Crippen LogP contribution in [0.1, 0.15) is 15.9 Å². The zero-order chi connectivity index (χ0) is 18.4. The second-order valence-electron chi connectivity index (χ2n) is 6.22. The first kappa shape index (κ1) is 17.9. The Morgan fingerprint density at radius 3 is 2.31 bits per heavy atom. The minimum absolute atomic E-state index is 0.0728. The zero-order valence-electron chi connectivity index (χ0n) is 14.9. The van der Waals surface area contributed by atoms with E-state index in [-0.39, 0.29) is 5.91 Å². The van der Waals surface area contributed by atoms with E-state index in [9.17, 15) is 9.59 Å². The summed E-state index contributed by atoms with van der Waals surface area (Å²) in [6, 6.07) is 17.3. The number of benzene rings is 2. The SMILES string of the molecule is COC(=O)Nc1ccccc1C(=O)N1CCN(Cc2ccccc2)CC1. The van der Waals surface area contributed by atoms with Gasteiger partial charge < -0.3 is 9.64 Å². The second kappa shape index (κ2) is 8.49. The number of rotatable bonds is 4. The standard InChI is InChI=1S/C20H23N3O3/c1-26-20(25)21-18-10-6-5-9-17(18)19(24)23-13-11-22(12-14-23)15-16-7-3-2-4-8-16/h2-10H,11-15H2,1H3,(H,21,25). The Hall–Kier alpha value is -2.86. The number of methoxy groups -OCH3 is 1. The third-order valence-electron chi connectivity index (χ3n) is 4.49. The number of carbonyl (C=O) groups is 2. The molecule has 1 saturated heterocycles. The number of piperazine rings is 1. The van der Waals surface area contributed by atoms with Crippen molar-refractivity contribution in [2.45, 2.75) is 6.54 Å². The van der Waals surface area contributed by atoms with Gasteiger partial charge in [-0.1, -0.05) is 42.5 Å². The van der Waals surface area contributed by atoms with Gasteiger partial charge in [-0.05, 0) is 17.7 Å². The molecule has 6 heteroatoms. The van der Waals surface area contributed by atoms with Crippen LogP contribution in [0.3, 0.4) is 0 Å². The first-order valence-corrected chi connectivity index (χ1v) is 8.67. The maximum Gasteiger partial charge on any atom is 0.411 e. The summed E-state index contributed by atoms with van der Waals surface area (Å²) in [5, 5.41) is 2.60. The number of ether oxygens (including phenoxy) is 1. The van der Waals surface area contributed by atoms with Gasteiger partial charge in [0.25, 0.3) is 5.91 Å². The molecule has 0 aliphatic carbocycles. The Bertz CT molecular complexity index is 756. The molecule has 0 spiro atoms. The van der Waals surface area contributed by atoms with Crippen LogP contribution in [0.2, 0.25) is 0 Å². The van der Waals surface area contributed by atoms with Gasteiger partial charge in [0, 0.05) is 32.7 Å². The number of carbonyl (C=O) groups excluding carboxylic acids is 2. The predicted octanol–water partition coefficient (Wildman–Crippen LogP) is 2.82. The van der Waals surface area contributed by atoms with Crippen LogP contribution in [0.5, 0.6) is 0 Å². The summed E-state index contributed by atoms with van der Waals surface area (Å²) in [5.74, 6) is -0.0728. The topological polar surface area (TPSA) is 61.9 Å².